The van der Waals surface area contributed by atoms with E-state index in [1.54, 1.807) is 4.88 Å². The standard InChI is InChI=1S/C16H26N2S/c1-12-8-10-19-16(12)15-13(11-17-2)5-3-4-9-18(15)14-6-7-14/h8,10,13-15,17H,3-7,9,11H2,1-2H3. The molecular weight excluding hydrogens is 252 g/mol. The van der Waals surface area contributed by atoms with Crippen LogP contribution in [0.4, 0.5) is 0 Å². The smallest absolute Gasteiger partial charge is 0.0487 e. The van der Waals surface area contributed by atoms with E-state index in [2.05, 4.69) is 35.6 Å². The monoisotopic (exact) mass is 278 g/mol. The fourth-order valence-electron chi connectivity index (χ4n) is 3.61. The van der Waals surface area contributed by atoms with Crippen molar-refractivity contribution in [2.24, 2.45) is 5.92 Å². The molecule has 2 nitrogen and oxygen atoms in total. The van der Waals surface area contributed by atoms with Gasteiger partial charge in [-0.2, -0.15) is 0 Å². The fourth-order valence-corrected chi connectivity index (χ4v) is 4.75. The first-order valence-corrected chi connectivity index (χ1v) is 8.63. The van der Waals surface area contributed by atoms with Crippen LogP contribution in [0.25, 0.3) is 0 Å². The molecule has 2 atom stereocenters. The Morgan fingerprint density at radius 2 is 2.16 bits per heavy atom. The lowest BCUT2D eigenvalue weighted by molar-refractivity contribution is 0.148. The normalized spacial score (nSPS) is 29.4. The number of nitrogens with zero attached hydrogens (tertiary/aromatic N) is 1. The minimum absolute atomic E-state index is 0.669. The molecule has 19 heavy (non-hydrogen) atoms. The number of hydrogen-bond donors (Lipinski definition) is 1. The Hall–Kier alpha value is -0.380. The highest BCUT2D eigenvalue weighted by Crippen LogP contribution is 2.44. The van der Waals surface area contributed by atoms with Crippen molar-refractivity contribution in [2.45, 2.75) is 51.1 Å². The molecule has 1 saturated heterocycles. The van der Waals surface area contributed by atoms with Crippen molar-refractivity contribution in [3.63, 3.8) is 0 Å². The Morgan fingerprint density at radius 1 is 1.32 bits per heavy atom. The van der Waals surface area contributed by atoms with Crippen LogP contribution in [-0.2, 0) is 0 Å². The molecular formula is C16H26N2S. The van der Waals surface area contributed by atoms with Gasteiger partial charge in [-0.25, -0.2) is 0 Å². The molecule has 1 saturated carbocycles. The molecule has 0 radical (unpaired) electrons. The van der Waals surface area contributed by atoms with Crippen LogP contribution < -0.4 is 5.32 Å². The maximum atomic E-state index is 3.43. The Bertz CT molecular complexity index is 411. The predicted molar refractivity (Wildman–Crippen MR) is 82.8 cm³/mol. The van der Waals surface area contributed by atoms with Crippen molar-refractivity contribution in [3.05, 3.63) is 21.9 Å². The molecule has 1 N–H and O–H groups in total. The average Bonchev–Trinajstić information content (AvgIpc) is 3.17. The van der Waals surface area contributed by atoms with Gasteiger partial charge in [0.05, 0.1) is 0 Å². The summed E-state index contributed by atoms with van der Waals surface area (Å²) in [5, 5.41) is 5.71. The van der Waals surface area contributed by atoms with Crippen LogP contribution in [0.3, 0.4) is 0 Å². The van der Waals surface area contributed by atoms with Crippen LogP contribution in [0, 0.1) is 12.8 Å². The summed E-state index contributed by atoms with van der Waals surface area (Å²) in [6.45, 7) is 4.76. The van der Waals surface area contributed by atoms with Crippen molar-refractivity contribution in [2.75, 3.05) is 20.1 Å². The van der Waals surface area contributed by atoms with Gasteiger partial charge >= 0.3 is 0 Å². The van der Waals surface area contributed by atoms with Crippen LogP contribution in [0.2, 0.25) is 0 Å². The molecule has 0 aromatic carbocycles. The third kappa shape index (κ3) is 2.88. The second-order valence-corrected chi connectivity index (χ2v) is 7.14. The summed E-state index contributed by atoms with van der Waals surface area (Å²) < 4.78 is 0. The van der Waals surface area contributed by atoms with E-state index < -0.39 is 0 Å². The van der Waals surface area contributed by atoms with Crippen LogP contribution in [-0.4, -0.2) is 31.1 Å². The second-order valence-electron chi connectivity index (χ2n) is 6.20. The van der Waals surface area contributed by atoms with E-state index in [1.165, 1.54) is 44.2 Å². The van der Waals surface area contributed by atoms with E-state index in [1.807, 2.05) is 11.3 Å². The Kier molecular flexibility index (Phi) is 4.25. The maximum absolute atomic E-state index is 3.43. The molecule has 3 rings (SSSR count). The summed E-state index contributed by atoms with van der Waals surface area (Å²) in [5.41, 5.74) is 1.50. The molecule has 2 aliphatic rings. The first-order chi connectivity index (χ1) is 9.31. The summed E-state index contributed by atoms with van der Waals surface area (Å²) >= 11 is 1.97. The lowest BCUT2D eigenvalue weighted by Gasteiger charge is -2.35. The molecule has 1 aromatic rings. The maximum Gasteiger partial charge on any atom is 0.0487 e. The van der Waals surface area contributed by atoms with E-state index >= 15 is 0 Å². The summed E-state index contributed by atoms with van der Waals surface area (Å²) in [5.74, 6) is 0.783. The molecule has 0 spiro atoms. The topological polar surface area (TPSA) is 15.3 Å². The largest absolute Gasteiger partial charge is 0.319 e. The van der Waals surface area contributed by atoms with Gasteiger partial charge in [0, 0.05) is 17.0 Å². The average molecular weight is 278 g/mol. The Labute approximate surface area is 121 Å². The van der Waals surface area contributed by atoms with Gasteiger partial charge in [0.2, 0.25) is 0 Å². The van der Waals surface area contributed by atoms with Crippen molar-refractivity contribution < 1.29 is 0 Å². The Balaban J connectivity index is 1.91. The van der Waals surface area contributed by atoms with Crippen molar-refractivity contribution in [1.82, 2.24) is 10.2 Å². The minimum Gasteiger partial charge on any atom is -0.319 e. The minimum atomic E-state index is 0.669. The molecule has 1 aliphatic heterocycles. The number of rotatable bonds is 4. The summed E-state index contributed by atoms with van der Waals surface area (Å²) in [6, 6.07) is 3.85. The van der Waals surface area contributed by atoms with Gasteiger partial charge in [-0.3, -0.25) is 4.90 Å². The molecule has 1 aromatic heterocycles. The van der Waals surface area contributed by atoms with Gasteiger partial charge in [-0.05, 0) is 75.7 Å². The molecule has 2 fully saturated rings. The number of hydrogen-bond acceptors (Lipinski definition) is 3. The van der Waals surface area contributed by atoms with Gasteiger partial charge in [-0.15, -0.1) is 11.3 Å². The van der Waals surface area contributed by atoms with Crippen LogP contribution >= 0.6 is 11.3 Å². The number of nitrogens with one attached hydrogen (secondary N) is 1. The third-order valence-corrected chi connectivity index (χ3v) is 5.79. The second kappa shape index (κ2) is 5.94. The van der Waals surface area contributed by atoms with E-state index in [4.69, 9.17) is 0 Å². The zero-order valence-corrected chi connectivity index (χ0v) is 13.0. The third-order valence-electron chi connectivity index (χ3n) is 4.70. The van der Waals surface area contributed by atoms with E-state index in [0.717, 1.165) is 18.5 Å². The molecule has 3 heteroatoms. The van der Waals surface area contributed by atoms with Gasteiger partial charge in [-0.1, -0.05) is 6.42 Å². The zero-order chi connectivity index (χ0) is 13.2. The number of likely N-dealkylation sites (tertiary alicyclic amines) is 1. The van der Waals surface area contributed by atoms with Crippen LogP contribution in [0.5, 0.6) is 0 Å². The molecule has 2 unspecified atom stereocenters. The van der Waals surface area contributed by atoms with E-state index in [9.17, 15) is 0 Å². The van der Waals surface area contributed by atoms with E-state index in [-0.39, 0.29) is 0 Å². The quantitative estimate of drug-likeness (QED) is 0.905. The first-order valence-electron chi connectivity index (χ1n) is 7.75. The molecule has 106 valence electrons. The number of aryl methyl sites for hydroxylation is 1. The lowest BCUT2D eigenvalue weighted by Crippen LogP contribution is -2.37. The summed E-state index contributed by atoms with van der Waals surface area (Å²) in [6.07, 6.45) is 7.01. The van der Waals surface area contributed by atoms with Gasteiger partial charge in [0.1, 0.15) is 0 Å². The molecule has 2 heterocycles. The highest BCUT2D eigenvalue weighted by molar-refractivity contribution is 7.10. The van der Waals surface area contributed by atoms with Crippen LogP contribution in [0.15, 0.2) is 11.4 Å². The van der Waals surface area contributed by atoms with Crippen LogP contribution in [0.1, 0.15) is 48.6 Å². The predicted octanol–water partition coefficient (Wildman–Crippen LogP) is 3.58. The summed E-state index contributed by atoms with van der Waals surface area (Å²) in [7, 11) is 2.10. The zero-order valence-electron chi connectivity index (χ0n) is 12.2. The fraction of sp³-hybridized carbons (Fsp3) is 0.750. The molecule has 0 amide bonds. The number of thiophene rings is 1. The van der Waals surface area contributed by atoms with Crippen molar-refractivity contribution in [3.8, 4) is 0 Å². The van der Waals surface area contributed by atoms with Crippen molar-refractivity contribution in [1.29, 1.82) is 0 Å². The highest BCUT2D eigenvalue weighted by atomic mass is 32.1. The highest BCUT2D eigenvalue weighted by Gasteiger charge is 2.39. The van der Waals surface area contributed by atoms with Gasteiger partial charge < -0.3 is 5.32 Å². The first kappa shape index (κ1) is 13.6. The Morgan fingerprint density at radius 3 is 2.79 bits per heavy atom. The van der Waals surface area contributed by atoms with Gasteiger partial charge in [0.25, 0.3) is 0 Å². The van der Waals surface area contributed by atoms with Crippen molar-refractivity contribution >= 4 is 11.3 Å². The van der Waals surface area contributed by atoms with Gasteiger partial charge in [0.15, 0.2) is 0 Å². The summed E-state index contributed by atoms with van der Waals surface area (Å²) in [4.78, 5) is 4.47. The lowest BCUT2D eigenvalue weighted by atomic mass is 9.92. The SMILES string of the molecule is CNCC1CCCCN(C2CC2)C1c1sccc1C. The van der Waals surface area contributed by atoms with E-state index in [0.29, 0.717) is 6.04 Å². The molecule has 1 aliphatic carbocycles. The molecule has 0 bridgehead atoms.